The number of rotatable bonds is 3. The van der Waals surface area contributed by atoms with E-state index >= 15 is 0 Å². The van der Waals surface area contributed by atoms with Gasteiger partial charge in [-0.05, 0) is 39.3 Å². The summed E-state index contributed by atoms with van der Waals surface area (Å²) in [6, 6.07) is 0. The van der Waals surface area contributed by atoms with Crippen molar-refractivity contribution in [2.75, 3.05) is 25.5 Å². The fourth-order valence-corrected chi connectivity index (χ4v) is 3.29. The van der Waals surface area contributed by atoms with Crippen molar-refractivity contribution in [3.8, 4) is 0 Å². The molecule has 1 aromatic heterocycles. The first kappa shape index (κ1) is 12.1. The average molecular weight is 265 g/mol. The first-order valence-electron chi connectivity index (χ1n) is 6.67. The van der Waals surface area contributed by atoms with E-state index in [0.29, 0.717) is 5.92 Å². The molecular weight excluding hydrogens is 246 g/mol. The number of aromatic nitrogens is 1. The van der Waals surface area contributed by atoms with Gasteiger partial charge in [0.25, 0.3) is 0 Å². The molecule has 4 nitrogen and oxygen atoms in total. The van der Waals surface area contributed by atoms with Crippen LogP contribution in [-0.2, 0) is 4.79 Å². The van der Waals surface area contributed by atoms with Gasteiger partial charge in [0.2, 0.25) is 5.91 Å². The lowest BCUT2D eigenvalue weighted by Crippen LogP contribution is -2.38. The number of carbonyl (C=O) groups is 1. The summed E-state index contributed by atoms with van der Waals surface area (Å²) in [6.45, 7) is 1.97. The van der Waals surface area contributed by atoms with Crippen molar-refractivity contribution in [2.45, 2.75) is 31.6 Å². The van der Waals surface area contributed by atoms with Gasteiger partial charge in [-0.3, -0.25) is 4.79 Å². The molecule has 3 rings (SSSR count). The molecule has 2 fully saturated rings. The molecule has 2 aliphatic rings. The number of hydrogen-bond donors (Lipinski definition) is 1. The highest BCUT2D eigenvalue weighted by molar-refractivity contribution is 7.13. The average Bonchev–Trinajstić information content (AvgIpc) is 3.11. The van der Waals surface area contributed by atoms with Crippen molar-refractivity contribution < 1.29 is 4.79 Å². The molecule has 1 atom stereocenters. The molecule has 0 spiro atoms. The minimum atomic E-state index is 0.122. The predicted molar refractivity (Wildman–Crippen MR) is 72.9 cm³/mol. The maximum absolute atomic E-state index is 12.1. The lowest BCUT2D eigenvalue weighted by molar-refractivity contribution is -0.121. The van der Waals surface area contributed by atoms with E-state index in [1.165, 1.54) is 12.8 Å². The topological polar surface area (TPSA) is 45.2 Å². The van der Waals surface area contributed by atoms with Gasteiger partial charge < -0.3 is 10.2 Å². The summed E-state index contributed by atoms with van der Waals surface area (Å²) in [6.07, 6.45) is 4.62. The molecule has 1 aromatic rings. The van der Waals surface area contributed by atoms with Gasteiger partial charge in [-0.25, -0.2) is 4.98 Å². The van der Waals surface area contributed by atoms with Crippen LogP contribution in [0.2, 0.25) is 0 Å². The normalized spacial score (nSPS) is 25.1. The van der Waals surface area contributed by atoms with Crippen LogP contribution in [0.25, 0.3) is 0 Å². The van der Waals surface area contributed by atoms with E-state index in [2.05, 4.69) is 27.6 Å². The molecule has 2 heterocycles. The Bertz CT molecular complexity index is 441. The Labute approximate surface area is 111 Å². The van der Waals surface area contributed by atoms with Gasteiger partial charge >= 0.3 is 0 Å². The SMILES string of the molecule is CN1CCC[C@H](C(=O)Nc2nc(C3CC3)cs2)C1. The van der Waals surface area contributed by atoms with Crippen molar-refractivity contribution in [2.24, 2.45) is 5.92 Å². The highest BCUT2D eigenvalue weighted by atomic mass is 32.1. The number of nitrogens with zero attached hydrogens (tertiary/aromatic N) is 2. The van der Waals surface area contributed by atoms with Crippen LogP contribution >= 0.6 is 11.3 Å². The van der Waals surface area contributed by atoms with Gasteiger partial charge in [0.15, 0.2) is 5.13 Å². The molecule has 0 aromatic carbocycles. The molecule has 1 aliphatic carbocycles. The maximum Gasteiger partial charge on any atom is 0.230 e. The van der Waals surface area contributed by atoms with E-state index in [4.69, 9.17) is 0 Å². The number of hydrogen-bond acceptors (Lipinski definition) is 4. The second-order valence-corrected chi connectivity index (χ2v) is 6.30. The fraction of sp³-hybridized carbons (Fsp3) is 0.692. The molecule has 5 heteroatoms. The second-order valence-electron chi connectivity index (χ2n) is 5.44. The number of likely N-dealkylation sites (tertiary alicyclic amines) is 1. The van der Waals surface area contributed by atoms with Crippen LogP contribution in [0.1, 0.15) is 37.3 Å². The third kappa shape index (κ3) is 2.72. The maximum atomic E-state index is 12.1. The van der Waals surface area contributed by atoms with Crippen LogP contribution in [0.15, 0.2) is 5.38 Å². The number of piperidine rings is 1. The quantitative estimate of drug-likeness (QED) is 0.912. The van der Waals surface area contributed by atoms with Crippen LogP contribution < -0.4 is 5.32 Å². The number of carbonyl (C=O) groups excluding carboxylic acids is 1. The molecule has 1 amide bonds. The molecule has 1 aliphatic heterocycles. The third-order valence-corrected chi connectivity index (χ3v) is 4.52. The van der Waals surface area contributed by atoms with Crippen LogP contribution in [0.4, 0.5) is 5.13 Å². The highest BCUT2D eigenvalue weighted by Gasteiger charge is 2.27. The molecule has 1 N–H and O–H groups in total. The van der Waals surface area contributed by atoms with Crippen LogP contribution in [-0.4, -0.2) is 35.9 Å². The van der Waals surface area contributed by atoms with Crippen molar-refractivity contribution in [1.29, 1.82) is 0 Å². The first-order valence-corrected chi connectivity index (χ1v) is 7.55. The van der Waals surface area contributed by atoms with Gasteiger partial charge in [-0.15, -0.1) is 11.3 Å². The number of amides is 1. The first-order chi connectivity index (χ1) is 8.72. The van der Waals surface area contributed by atoms with E-state index in [9.17, 15) is 4.79 Å². The zero-order chi connectivity index (χ0) is 12.5. The zero-order valence-electron chi connectivity index (χ0n) is 10.7. The summed E-state index contributed by atoms with van der Waals surface area (Å²) < 4.78 is 0. The van der Waals surface area contributed by atoms with Crippen LogP contribution in [0.5, 0.6) is 0 Å². The van der Waals surface area contributed by atoms with E-state index in [1.807, 2.05) is 0 Å². The summed E-state index contributed by atoms with van der Waals surface area (Å²) in [5.41, 5.74) is 1.16. The zero-order valence-corrected chi connectivity index (χ0v) is 11.5. The Morgan fingerprint density at radius 1 is 1.50 bits per heavy atom. The van der Waals surface area contributed by atoms with E-state index in [1.54, 1.807) is 11.3 Å². The Morgan fingerprint density at radius 2 is 2.33 bits per heavy atom. The van der Waals surface area contributed by atoms with Gasteiger partial charge in [0.1, 0.15) is 0 Å². The summed E-state index contributed by atoms with van der Waals surface area (Å²) in [7, 11) is 2.08. The van der Waals surface area contributed by atoms with Crippen LogP contribution in [0.3, 0.4) is 0 Å². The molecule has 0 bridgehead atoms. The van der Waals surface area contributed by atoms with Gasteiger partial charge in [0.05, 0.1) is 11.6 Å². The lowest BCUT2D eigenvalue weighted by Gasteiger charge is -2.28. The summed E-state index contributed by atoms with van der Waals surface area (Å²) in [4.78, 5) is 18.9. The molecule has 0 unspecified atom stereocenters. The lowest BCUT2D eigenvalue weighted by atomic mass is 9.98. The smallest absolute Gasteiger partial charge is 0.230 e. The van der Waals surface area contributed by atoms with Crippen molar-refractivity contribution in [1.82, 2.24) is 9.88 Å². The Hall–Kier alpha value is -0.940. The highest BCUT2D eigenvalue weighted by Crippen LogP contribution is 2.40. The molecule has 18 heavy (non-hydrogen) atoms. The van der Waals surface area contributed by atoms with Gasteiger partial charge in [-0.2, -0.15) is 0 Å². The minimum Gasteiger partial charge on any atom is -0.306 e. The van der Waals surface area contributed by atoms with Gasteiger partial charge in [0, 0.05) is 17.8 Å². The van der Waals surface area contributed by atoms with Crippen molar-refractivity contribution in [3.05, 3.63) is 11.1 Å². The Balaban J connectivity index is 1.58. The molecular formula is C13H19N3OS. The van der Waals surface area contributed by atoms with Crippen molar-refractivity contribution in [3.63, 3.8) is 0 Å². The molecule has 0 radical (unpaired) electrons. The monoisotopic (exact) mass is 265 g/mol. The van der Waals surface area contributed by atoms with E-state index < -0.39 is 0 Å². The molecule has 98 valence electrons. The molecule has 1 saturated heterocycles. The van der Waals surface area contributed by atoms with Crippen molar-refractivity contribution >= 4 is 22.4 Å². The predicted octanol–water partition coefficient (Wildman–Crippen LogP) is 2.30. The van der Waals surface area contributed by atoms with Crippen LogP contribution in [0, 0.1) is 5.92 Å². The number of thiazole rings is 1. The Kier molecular flexibility index (Phi) is 3.35. The van der Waals surface area contributed by atoms with Gasteiger partial charge in [-0.1, -0.05) is 0 Å². The molecule has 1 saturated carbocycles. The second kappa shape index (κ2) is 4.97. The minimum absolute atomic E-state index is 0.122. The fourth-order valence-electron chi connectivity index (χ4n) is 2.50. The number of anilines is 1. The summed E-state index contributed by atoms with van der Waals surface area (Å²) in [5.74, 6) is 0.919. The standard InChI is InChI=1S/C13H19N3OS/c1-16-6-2-3-10(7-16)12(17)15-13-14-11(8-18-13)9-4-5-9/h8-10H,2-7H2,1H3,(H,14,15,17)/t10-/m0/s1. The Morgan fingerprint density at radius 3 is 3.06 bits per heavy atom. The largest absolute Gasteiger partial charge is 0.306 e. The number of nitrogens with one attached hydrogen (secondary N) is 1. The van der Waals surface area contributed by atoms with E-state index in [0.717, 1.165) is 36.8 Å². The third-order valence-electron chi connectivity index (χ3n) is 3.74. The summed E-state index contributed by atoms with van der Waals surface area (Å²) >= 11 is 1.55. The van der Waals surface area contributed by atoms with E-state index in [-0.39, 0.29) is 11.8 Å². The summed E-state index contributed by atoms with van der Waals surface area (Å²) in [5, 5.41) is 5.83.